The first-order chi connectivity index (χ1) is 27.3. The topological polar surface area (TPSA) is 124 Å². The number of fused-ring (bicyclic) bond motifs is 6. The zero-order valence-electron chi connectivity index (χ0n) is 31.0. The van der Waals surface area contributed by atoms with Gasteiger partial charge in [-0.1, -0.05) is 72.8 Å². The van der Waals surface area contributed by atoms with Gasteiger partial charge in [-0.15, -0.1) is 0 Å². The highest BCUT2D eigenvalue weighted by Gasteiger charge is 2.21. The minimum atomic E-state index is 0.571. The van der Waals surface area contributed by atoms with Gasteiger partial charge in [-0.05, 0) is 75.7 Å². The van der Waals surface area contributed by atoms with E-state index in [1.54, 1.807) is 0 Å². The van der Waals surface area contributed by atoms with Crippen molar-refractivity contribution in [2.75, 3.05) is 0 Å². The Morgan fingerprint density at radius 2 is 0.982 bits per heavy atom. The van der Waals surface area contributed by atoms with E-state index in [9.17, 15) is 5.26 Å². The van der Waals surface area contributed by atoms with Gasteiger partial charge in [-0.3, -0.25) is 4.57 Å². The van der Waals surface area contributed by atoms with Crippen molar-refractivity contribution in [1.29, 1.82) is 5.26 Å². The van der Waals surface area contributed by atoms with Crippen LogP contribution in [-0.4, -0.2) is 44.0 Å². The van der Waals surface area contributed by atoms with E-state index in [2.05, 4.69) is 136 Å². The Kier molecular flexibility index (Phi) is 7.50. The summed E-state index contributed by atoms with van der Waals surface area (Å²) in [6.07, 6.45) is 1.95. The predicted molar refractivity (Wildman–Crippen MR) is 220 cm³/mol. The van der Waals surface area contributed by atoms with Crippen molar-refractivity contribution in [1.82, 2.24) is 44.0 Å². The van der Waals surface area contributed by atoms with Crippen LogP contribution in [-0.2, 0) is 0 Å². The molecule has 56 heavy (non-hydrogen) atoms. The Morgan fingerprint density at radius 3 is 1.55 bits per heavy atom. The number of aromatic nitrogens is 9. The van der Waals surface area contributed by atoms with Crippen LogP contribution < -0.4 is 0 Å². The molecule has 0 N–H and O–H groups in total. The van der Waals surface area contributed by atoms with E-state index in [0.29, 0.717) is 40.5 Å². The molecule has 0 saturated carbocycles. The number of benzene rings is 5. The van der Waals surface area contributed by atoms with Crippen molar-refractivity contribution in [2.45, 2.75) is 27.7 Å². The number of hydrogen-bond donors (Lipinski definition) is 0. The minimum absolute atomic E-state index is 0.571. The number of hydrogen-bond acceptors (Lipinski definition) is 8. The summed E-state index contributed by atoms with van der Waals surface area (Å²) in [4.78, 5) is 32.8. The van der Waals surface area contributed by atoms with Crippen molar-refractivity contribution in [3.05, 3.63) is 150 Å². The first kappa shape index (κ1) is 33.0. The van der Waals surface area contributed by atoms with Gasteiger partial charge in [0.1, 0.15) is 29.1 Å². The van der Waals surface area contributed by atoms with E-state index < -0.39 is 0 Å². The number of pyridine rings is 1. The molecule has 5 heterocycles. The Balaban J connectivity index is 1.26. The summed E-state index contributed by atoms with van der Waals surface area (Å²) in [7, 11) is 0. The smallest absolute Gasteiger partial charge is 0.163 e. The monoisotopic (exact) mass is 724 g/mol. The van der Waals surface area contributed by atoms with Gasteiger partial charge >= 0.3 is 0 Å². The second-order valence-corrected chi connectivity index (χ2v) is 13.9. The van der Waals surface area contributed by atoms with Crippen LogP contribution in [0.2, 0.25) is 0 Å². The largest absolute Gasteiger partial charge is 0.307 e. The highest BCUT2D eigenvalue weighted by molar-refractivity contribution is 6.11. The average Bonchev–Trinajstić information content (AvgIpc) is 3.72. The number of nitrogens with zero attached hydrogens (tertiary/aromatic N) is 10. The molecular weight excluding hydrogens is 693 g/mol. The van der Waals surface area contributed by atoms with Crippen LogP contribution in [0, 0.1) is 39.0 Å². The fourth-order valence-corrected chi connectivity index (χ4v) is 7.94. The van der Waals surface area contributed by atoms with Gasteiger partial charge in [-0.2, -0.15) is 5.26 Å². The SMILES string of the molecule is Cc1nc(C)nc(-c2ccc3c4ccccc4n(-c4cc(-c5cccc(C#N)c5)c(-n5c6ccccc6c6ccc(-c7nc(C)nc(C)n7)cc65)cn4)c3c2)n1. The fraction of sp³-hybridized carbons (Fsp3) is 0.0870. The summed E-state index contributed by atoms with van der Waals surface area (Å²) in [6.45, 7) is 7.54. The first-order valence-corrected chi connectivity index (χ1v) is 18.3. The number of para-hydroxylation sites is 2. The third-order valence-electron chi connectivity index (χ3n) is 10.2. The summed E-state index contributed by atoms with van der Waals surface area (Å²) in [5.41, 5.74) is 9.02. The van der Waals surface area contributed by atoms with Gasteiger partial charge in [0.2, 0.25) is 0 Å². The molecule has 0 radical (unpaired) electrons. The van der Waals surface area contributed by atoms with Gasteiger partial charge < -0.3 is 4.57 Å². The lowest BCUT2D eigenvalue weighted by Gasteiger charge is -2.17. The van der Waals surface area contributed by atoms with Crippen molar-refractivity contribution < 1.29 is 0 Å². The quantitative estimate of drug-likeness (QED) is 0.172. The molecule has 10 heteroatoms. The van der Waals surface area contributed by atoms with Crippen LogP contribution in [0.5, 0.6) is 0 Å². The normalized spacial score (nSPS) is 11.6. The number of nitriles is 1. The van der Waals surface area contributed by atoms with E-state index >= 15 is 0 Å². The summed E-state index contributed by atoms with van der Waals surface area (Å²) in [5.74, 6) is 4.66. The molecule has 0 spiro atoms. The highest BCUT2D eigenvalue weighted by Crippen LogP contribution is 2.40. The van der Waals surface area contributed by atoms with E-state index in [1.165, 1.54) is 0 Å². The van der Waals surface area contributed by atoms with E-state index in [-0.39, 0.29) is 0 Å². The van der Waals surface area contributed by atoms with Crippen molar-refractivity contribution in [2.24, 2.45) is 0 Å². The molecule has 0 aliphatic carbocycles. The van der Waals surface area contributed by atoms with Crippen LogP contribution in [0.1, 0.15) is 28.9 Å². The molecule has 10 nitrogen and oxygen atoms in total. The molecule has 0 amide bonds. The lowest BCUT2D eigenvalue weighted by Crippen LogP contribution is -2.04. The number of aryl methyl sites for hydroxylation is 4. The summed E-state index contributed by atoms with van der Waals surface area (Å²) in [6, 6.07) is 41.7. The van der Waals surface area contributed by atoms with Crippen LogP contribution in [0.4, 0.5) is 0 Å². The third-order valence-corrected chi connectivity index (χ3v) is 10.2. The van der Waals surface area contributed by atoms with Gasteiger partial charge in [-0.25, -0.2) is 34.9 Å². The first-order valence-electron chi connectivity index (χ1n) is 18.3. The van der Waals surface area contributed by atoms with Gasteiger partial charge in [0, 0.05) is 38.2 Å². The fourth-order valence-electron chi connectivity index (χ4n) is 7.94. The molecule has 0 bridgehead atoms. The second kappa shape index (κ2) is 12.7. The van der Waals surface area contributed by atoms with E-state index in [1.807, 2.05) is 58.2 Å². The highest BCUT2D eigenvalue weighted by atomic mass is 15.1. The van der Waals surface area contributed by atoms with Crippen molar-refractivity contribution in [3.8, 4) is 51.5 Å². The molecule has 10 rings (SSSR count). The molecule has 266 valence electrons. The lowest BCUT2D eigenvalue weighted by molar-refractivity contribution is 0.928. The zero-order valence-corrected chi connectivity index (χ0v) is 31.0. The van der Waals surface area contributed by atoms with Gasteiger partial charge in [0.15, 0.2) is 11.6 Å². The maximum Gasteiger partial charge on any atom is 0.163 e. The number of rotatable bonds is 5. The van der Waals surface area contributed by atoms with Gasteiger partial charge in [0.05, 0.1) is 45.6 Å². The minimum Gasteiger partial charge on any atom is -0.307 e. The van der Waals surface area contributed by atoms with Crippen LogP contribution in [0.15, 0.2) is 121 Å². The second-order valence-electron chi connectivity index (χ2n) is 13.9. The molecule has 0 atom stereocenters. The molecule has 0 aliphatic rings. The third kappa shape index (κ3) is 5.36. The zero-order chi connectivity index (χ0) is 38.1. The van der Waals surface area contributed by atoms with Crippen LogP contribution in [0.25, 0.3) is 89.0 Å². The standard InChI is InChI=1S/C46H32N10/c1-26-49-27(2)52-45(51-26)32-16-18-36-34-12-5-7-14-39(34)55(41(36)21-32)43-25-48-44(23-38(43)31-11-9-10-30(20-31)24-47)56-40-15-8-6-13-35(40)37-19-17-33(22-42(37)56)46-53-28(3)50-29(4)54-46/h5-23,25H,1-4H3. The molecule has 5 aromatic carbocycles. The summed E-state index contributed by atoms with van der Waals surface area (Å²) >= 11 is 0. The summed E-state index contributed by atoms with van der Waals surface area (Å²) in [5, 5.41) is 14.4. The Hall–Kier alpha value is -7.64. The van der Waals surface area contributed by atoms with E-state index in [4.69, 9.17) is 4.98 Å². The molecule has 5 aromatic heterocycles. The van der Waals surface area contributed by atoms with E-state index in [0.717, 1.165) is 77.4 Å². The van der Waals surface area contributed by atoms with Crippen molar-refractivity contribution in [3.63, 3.8) is 0 Å². The molecule has 10 aromatic rings. The molecule has 0 aliphatic heterocycles. The Labute approximate surface area is 321 Å². The maximum atomic E-state index is 10.0. The average molecular weight is 725 g/mol. The van der Waals surface area contributed by atoms with Crippen molar-refractivity contribution >= 4 is 43.6 Å². The van der Waals surface area contributed by atoms with Crippen LogP contribution in [0.3, 0.4) is 0 Å². The summed E-state index contributed by atoms with van der Waals surface area (Å²) < 4.78 is 4.46. The predicted octanol–water partition coefficient (Wildman–Crippen LogP) is 9.75. The maximum absolute atomic E-state index is 10.0. The van der Waals surface area contributed by atoms with Gasteiger partial charge in [0.25, 0.3) is 0 Å². The molecular formula is C46H32N10. The lowest BCUT2D eigenvalue weighted by atomic mass is 10.0. The molecule has 0 saturated heterocycles. The Morgan fingerprint density at radius 1 is 0.464 bits per heavy atom. The molecule has 0 fully saturated rings. The van der Waals surface area contributed by atoms with Crippen LogP contribution >= 0.6 is 0 Å². The Bertz CT molecular complexity index is 3240. The molecule has 0 unspecified atom stereocenters.